The van der Waals surface area contributed by atoms with Crippen LogP contribution in [-0.2, 0) is 11.0 Å². The molecule has 2 aromatic rings. The van der Waals surface area contributed by atoms with Crippen molar-refractivity contribution >= 4 is 11.6 Å². The van der Waals surface area contributed by atoms with E-state index in [0.29, 0.717) is 12.7 Å². The number of halogens is 5. The van der Waals surface area contributed by atoms with Gasteiger partial charge >= 0.3 is 6.18 Å². The highest BCUT2D eigenvalue weighted by atomic mass is 19.4. The molecule has 1 aromatic carbocycles. The standard InChI is InChI=1S/C16H13F5N4O/c17-9-3-8(12-6-24-13(7-23-12)16(19,20)21)4-10(5-9)25-15(26)14-11(18)1-2-22-14/h3-7,11,14,22H,1-2H2,(H,25,26)/t11-,14-/m0/s1. The minimum absolute atomic E-state index is 0.00430. The van der Waals surface area contributed by atoms with Gasteiger partial charge in [-0.05, 0) is 31.2 Å². The zero-order valence-corrected chi connectivity index (χ0v) is 13.1. The molecule has 1 aromatic heterocycles. The first-order valence-corrected chi connectivity index (χ1v) is 7.62. The summed E-state index contributed by atoms with van der Waals surface area (Å²) in [5.41, 5.74) is -1.02. The molecular weight excluding hydrogens is 359 g/mol. The number of amides is 1. The molecule has 2 N–H and O–H groups in total. The number of carbonyl (C=O) groups is 1. The molecule has 0 spiro atoms. The SMILES string of the molecule is O=C(Nc1cc(F)cc(-c2cnc(C(F)(F)F)cn2)c1)[C@H]1NCC[C@@H]1F. The first kappa shape index (κ1) is 18.2. The van der Waals surface area contributed by atoms with Crippen LogP contribution in [-0.4, -0.2) is 34.6 Å². The maximum Gasteiger partial charge on any atom is 0.434 e. The number of hydrogen-bond acceptors (Lipinski definition) is 4. The van der Waals surface area contributed by atoms with Crippen molar-refractivity contribution in [3.63, 3.8) is 0 Å². The van der Waals surface area contributed by atoms with Gasteiger partial charge in [-0.25, -0.2) is 13.8 Å². The number of nitrogens with zero attached hydrogens (tertiary/aromatic N) is 2. The van der Waals surface area contributed by atoms with E-state index in [1.165, 1.54) is 6.07 Å². The van der Waals surface area contributed by atoms with Crippen LogP contribution in [0.5, 0.6) is 0 Å². The number of nitrogens with one attached hydrogen (secondary N) is 2. The Kier molecular flexibility index (Phi) is 4.86. The molecule has 2 atom stereocenters. The van der Waals surface area contributed by atoms with E-state index >= 15 is 0 Å². The van der Waals surface area contributed by atoms with Gasteiger partial charge in [-0.2, -0.15) is 13.2 Å². The summed E-state index contributed by atoms with van der Waals surface area (Å²) >= 11 is 0. The predicted octanol–water partition coefficient (Wildman–Crippen LogP) is 2.94. The number of hydrogen-bond donors (Lipinski definition) is 2. The van der Waals surface area contributed by atoms with E-state index in [2.05, 4.69) is 20.6 Å². The number of carbonyl (C=O) groups excluding carboxylic acids is 1. The number of alkyl halides is 4. The molecule has 5 nitrogen and oxygen atoms in total. The smallest absolute Gasteiger partial charge is 0.325 e. The van der Waals surface area contributed by atoms with Gasteiger partial charge in [0, 0.05) is 11.3 Å². The zero-order valence-electron chi connectivity index (χ0n) is 13.1. The van der Waals surface area contributed by atoms with E-state index in [1.807, 2.05) is 0 Å². The maximum atomic E-state index is 13.8. The van der Waals surface area contributed by atoms with Crippen LogP contribution >= 0.6 is 0 Å². The van der Waals surface area contributed by atoms with Crippen LogP contribution in [0.3, 0.4) is 0 Å². The van der Waals surface area contributed by atoms with Gasteiger partial charge in [0.05, 0.1) is 18.1 Å². The summed E-state index contributed by atoms with van der Waals surface area (Å²) in [6.07, 6.45) is -4.38. The van der Waals surface area contributed by atoms with Crippen LogP contribution in [0.4, 0.5) is 27.6 Å². The average molecular weight is 372 g/mol. The molecule has 1 fully saturated rings. The number of benzene rings is 1. The normalized spacial score (nSPS) is 20.2. The summed E-state index contributed by atoms with van der Waals surface area (Å²) in [6, 6.07) is 2.34. The highest BCUT2D eigenvalue weighted by molar-refractivity contribution is 5.96. The summed E-state index contributed by atoms with van der Waals surface area (Å²) < 4.78 is 65.0. The Labute approximate surface area is 144 Å². The van der Waals surface area contributed by atoms with E-state index < -0.39 is 35.8 Å². The highest BCUT2D eigenvalue weighted by Crippen LogP contribution is 2.28. The molecule has 0 unspecified atom stereocenters. The molecule has 0 bridgehead atoms. The molecule has 1 aliphatic heterocycles. The van der Waals surface area contributed by atoms with Crippen molar-refractivity contribution in [3.8, 4) is 11.3 Å². The van der Waals surface area contributed by atoms with Gasteiger partial charge in [-0.3, -0.25) is 9.78 Å². The Morgan fingerprint density at radius 1 is 1.19 bits per heavy atom. The molecule has 1 saturated heterocycles. The Hall–Kier alpha value is -2.62. The fraction of sp³-hybridized carbons (Fsp3) is 0.312. The summed E-state index contributed by atoms with van der Waals surface area (Å²) in [6.45, 7) is 0.356. The van der Waals surface area contributed by atoms with E-state index in [1.54, 1.807) is 0 Å². The van der Waals surface area contributed by atoms with Crippen molar-refractivity contribution < 1.29 is 26.7 Å². The third kappa shape index (κ3) is 3.96. The van der Waals surface area contributed by atoms with Crippen molar-refractivity contribution in [2.45, 2.75) is 24.8 Å². The topological polar surface area (TPSA) is 66.9 Å². The third-order valence-electron chi connectivity index (χ3n) is 3.83. The molecule has 2 heterocycles. The summed E-state index contributed by atoms with van der Waals surface area (Å²) in [5.74, 6) is -1.40. The molecule has 1 aliphatic rings. The second kappa shape index (κ2) is 6.94. The number of aromatic nitrogens is 2. The molecule has 10 heteroatoms. The van der Waals surface area contributed by atoms with Gasteiger partial charge in [0.25, 0.3) is 0 Å². The van der Waals surface area contributed by atoms with Crippen molar-refractivity contribution in [1.82, 2.24) is 15.3 Å². The Morgan fingerprint density at radius 3 is 2.54 bits per heavy atom. The van der Waals surface area contributed by atoms with Crippen molar-refractivity contribution in [3.05, 3.63) is 42.1 Å². The molecule has 0 radical (unpaired) electrons. The van der Waals surface area contributed by atoms with Crippen LogP contribution in [0.25, 0.3) is 11.3 Å². The van der Waals surface area contributed by atoms with Crippen LogP contribution in [0.1, 0.15) is 12.1 Å². The Bertz CT molecular complexity index is 809. The van der Waals surface area contributed by atoms with Crippen LogP contribution < -0.4 is 10.6 Å². The van der Waals surface area contributed by atoms with Gasteiger partial charge in [0.15, 0.2) is 5.69 Å². The Morgan fingerprint density at radius 2 is 1.96 bits per heavy atom. The zero-order chi connectivity index (χ0) is 18.9. The van der Waals surface area contributed by atoms with Crippen molar-refractivity contribution in [2.75, 3.05) is 11.9 Å². The molecule has 138 valence electrons. The van der Waals surface area contributed by atoms with Gasteiger partial charge in [0.2, 0.25) is 5.91 Å². The van der Waals surface area contributed by atoms with E-state index in [0.717, 1.165) is 18.3 Å². The monoisotopic (exact) mass is 372 g/mol. The minimum Gasteiger partial charge on any atom is -0.325 e. The largest absolute Gasteiger partial charge is 0.434 e. The van der Waals surface area contributed by atoms with Crippen LogP contribution in [0.15, 0.2) is 30.6 Å². The average Bonchev–Trinajstić information content (AvgIpc) is 3.00. The van der Waals surface area contributed by atoms with Crippen molar-refractivity contribution in [2.24, 2.45) is 0 Å². The molecular formula is C16H13F5N4O. The fourth-order valence-corrected chi connectivity index (χ4v) is 2.58. The van der Waals surface area contributed by atoms with Gasteiger partial charge in [-0.1, -0.05) is 0 Å². The lowest BCUT2D eigenvalue weighted by molar-refractivity contribution is -0.141. The van der Waals surface area contributed by atoms with Crippen LogP contribution in [0, 0.1) is 5.82 Å². The predicted molar refractivity (Wildman–Crippen MR) is 82.4 cm³/mol. The summed E-state index contributed by atoms with van der Waals surface area (Å²) in [4.78, 5) is 18.9. The lowest BCUT2D eigenvalue weighted by atomic mass is 10.1. The summed E-state index contributed by atoms with van der Waals surface area (Å²) in [7, 11) is 0. The van der Waals surface area contributed by atoms with Crippen LogP contribution in [0.2, 0.25) is 0 Å². The quantitative estimate of drug-likeness (QED) is 0.813. The minimum atomic E-state index is -4.64. The van der Waals surface area contributed by atoms with Gasteiger partial charge < -0.3 is 10.6 Å². The first-order chi connectivity index (χ1) is 12.2. The highest BCUT2D eigenvalue weighted by Gasteiger charge is 2.33. The number of rotatable bonds is 3. The lowest BCUT2D eigenvalue weighted by Gasteiger charge is -2.14. The maximum absolute atomic E-state index is 13.8. The summed E-state index contributed by atoms with van der Waals surface area (Å²) in [5, 5.41) is 5.09. The molecule has 1 amide bonds. The first-order valence-electron chi connectivity index (χ1n) is 7.62. The van der Waals surface area contributed by atoms with Gasteiger partial charge in [-0.15, -0.1) is 0 Å². The molecule has 0 saturated carbocycles. The van der Waals surface area contributed by atoms with E-state index in [4.69, 9.17) is 0 Å². The molecule has 26 heavy (non-hydrogen) atoms. The second-order valence-corrected chi connectivity index (χ2v) is 5.74. The molecule has 3 rings (SSSR count). The third-order valence-corrected chi connectivity index (χ3v) is 3.83. The van der Waals surface area contributed by atoms with E-state index in [-0.39, 0.29) is 23.4 Å². The second-order valence-electron chi connectivity index (χ2n) is 5.74. The molecule has 0 aliphatic carbocycles. The lowest BCUT2D eigenvalue weighted by Crippen LogP contribution is -2.40. The van der Waals surface area contributed by atoms with Gasteiger partial charge in [0.1, 0.15) is 18.0 Å². The Balaban J connectivity index is 1.82. The number of anilines is 1. The van der Waals surface area contributed by atoms with E-state index in [9.17, 15) is 26.7 Å². The fourth-order valence-electron chi connectivity index (χ4n) is 2.58. The van der Waals surface area contributed by atoms with Crippen molar-refractivity contribution in [1.29, 1.82) is 0 Å².